The van der Waals surface area contributed by atoms with Gasteiger partial charge in [-0.05, 0) is 49.8 Å². The first-order chi connectivity index (χ1) is 12.1. The van der Waals surface area contributed by atoms with Gasteiger partial charge in [0, 0.05) is 29.1 Å². The normalized spacial score (nSPS) is 14.6. The van der Waals surface area contributed by atoms with Crippen molar-refractivity contribution in [2.24, 2.45) is 0 Å². The molecule has 1 aromatic heterocycles. The van der Waals surface area contributed by atoms with Crippen molar-refractivity contribution >= 4 is 46.0 Å². The average molecular weight is 495 g/mol. The number of hydrogen-bond acceptors (Lipinski definition) is 2. The maximum atomic E-state index is 6.17. The van der Waals surface area contributed by atoms with Crippen molar-refractivity contribution < 1.29 is 28.5 Å². The molecule has 0 saturated carbocycles. The van der Waals surface area contributed by atoms with Gasteiger partial charge in [-0.1, -0.05) is 35.0 Å². The summed E-state index contributed by atoms with van der Waals surface area (Å²) in [4.78, 5) is 3.46. The summed E-state index contributed by atoms with van der Waals surface area (Å²) in [6, 6.07) is 15.0. The van der Waals surface area contributed by atoms with Gasteiger partial charge >= 0.3 is 0 Å². The van der Waals surface area contributed by atoms with E-state index in [9.17, 15) is 0 Å². The first-order valence-electron chi connectivity index (χ1n) is 8.42. The van der Waals surface area contributed by atoms with Crippen LogP contribution in [0.1, 0.15) is 18.1 Å². The van der Waals surface area contributed by atoms with Crippen LogP contribution in [0.15, 0.2) is 58.6 Å². The summed E-state index contributed by atoms with van der Waals surface area (Å²) in [5, 5.41) is 3.28. The number of aryl methyl sites for hydroxylation is 2. The topological polar surface area (TPSA) is 7.12 Å². The van der Waals surface area contributed by atoms with E-state index in [0.717, 1.165) is 11.6 Å². The highest BCUT2D eigenvalue weighted by Crippen LogP contribution is 2.46. The molecule has 2 aromatic carbocycles. The van der Waals surface area contributed by atoms with Gasteiger partial charge in [0.2, 0.25) is 5.52 Å². The van der Waals surface area contributed by atoms with Gasteiger partial charge in [0.25, 0.3) is 0 Å². The molecule has 5 heteroatoms. The molecule has 4 rings (SSSR count). The van der Waals surface area contributed by atoms with Crippen molar-refractivity contribution in [3.05, 3.63) is 69.8 Å². The summed E-state index contributed by atoms with van der Waals surface area (Å²) in [5.74, 6) is 0. The molecule has 0 radical (unpaired) electrons. The molecule has 0 amide bonds. The average Bonchev–Trinajstić information content (AvgIpc) is 2.91. The van der Waals surface area contributed by atoms with Gasteiger partial charge in [0.05, 0.1) is 16.1 Å². The molecule has 3 aromatic rings. The third-order valence-corrected chi connectivity index (χ3v) is 6.05. The predicted molar refractivity (Wildman–Crippen MR) is 108 cm³/mol. The Balaban J connectivity index is 0.00000196. The summed E-state index contributed by atoms with van der Waals surface area (Å²) in [6.45, 7) is 5.29. The number of hydrogen-bond donors (Lipinski definition) is 0. The number of nitrogens with zero attached hydrogens (tertiary/aromatic N) is 2. The van der Waals surface area contributed by atoms with Crippen LogP contribution in [0.2, 0.25) is 5.02 Å². The van der Waals surface area contributed by atoms with Crippen LogP contribution in [0.4, 0.5) is 5.69 Å². The lowest BCUT2D eigenvalue weighted by atomic mass is 10.1. The van der Waals surface area contributed by atoms with E-state index in [2.05, 4.69) is 73.0 Å². The maximum Gasteiger partial charge on any atom is 0.213 e. The van der Waals surface area contributed by atoms with Gasteiger partial charge in [-0.3, -0.25) is 0 Å². The minimum Gasteiger partial charge on any atom is -1.00 e. The molecule has 134 valence electrons. The SMILES string of the molecule is CC[n+]1ccc(/C=C2/Sc3ccc(Cl)cc3N2C)c2cc(C)ccc21.[I-]. The number of aromatic nitrogens is 1. The summed E-state index contributed by atoms with van der Waals surface area (Å²) >= 11 is 7.96. The molecule has 0 bridgehead atoms. The predicted octanol–water partition coefficient (Wildman–Crippen LogP) is 2.65. The number of anilines is 1. The van der Waals surface area contributed by atoms with Crippen molar-refractivity contribution in [2.45, 2.75) is 25.3 Å². The second-order valence-electron chi connectivity index (χ2n) is 6.33. The van der Waals surface area contributed by atoms with Crippen LogP contribution in [0, 0.1) is 6.92 Å². The lowest BCUT2D eigenvalue weighted by Gasteiger charge is -2.14. The van der Waals surface area contributed by atoms with Crippen LogP contribution < -0.4 is 33.4 Å². The van der Waals surface area contributed by atoms with Crippen molar-refractivity contribution in [3.8, 4) is 0 Å². The highest BCUT2D eigenvalue weighted by Gasteiger charge is 2.22. The Kier molecular flexibility index (Phi) is 5.85. The summed E-state index contributed by atoms with van der Waals surface area (Å²) in [7, 11) is 2.10. The third-order valence-electron chi connectivity index (χ3n) is 4.65. The quantitative estimate of drug-likeness (QED) is 0.399. The lowest BCUT2D eigenvalue weighted by molar-refractivity contribution is -0.667. The Labute approximate surface area is 180 Å². The third kappa shape index (κ3) is 3.47. The second-order valence-corrected chi connectivity index (χ2v) is 7.83. The molecule has 0 aliphatic carbocycles. The molecule has 0 saturated heterocycles. The van der Waals surface area contributed by atoms with E-state index >= 15 is 0 Å². The van der Waals surface area contributed by atoms with Gasteiger partial charge in [0.1, 0.15) is 6.54 Å². The van der Waals surface area contributed by atoms with Crippen molar-refractivity contribution in [1.82, 2.24) is 0 Å². The summed E-state index contributed by atoms with van der Waals surface area (Å²) < 4.78 is 2.29. The smallest absolute Gasteiger partial charge is 0.213 e. The molecule has 2 nitrogen and oxygen atoms in total. The number of pyridine rings is 1. The maximum absolute atomic E-state index is 6.17. The van der Waals surface area contributed by atoms with Crippen LogP contribution in [-0.4, -0.2) is 7.05 Å². The molecule has 0 spiro atoms. The summed E-state index contributed by atoms with van der Waals surface area (Å²) in [6.07, 6.45) is 4.45. The Morgan fingerprint density at radius 3 is 2.73 bits per heavy atom. The van der Waals surface area contributed by atoms with E-state index < -0.39 is 0 Å². The molecule has 0 N–H and O–H groups in total. The molecule has 0 unspecified atom stereocenters. The zero-order valence-corrected chi connectivity index (χ0v) is 18.7. The molecule has 1 aliphatic rings. The van der Waals surface area contributed by atoms with Gasteiger partial charge in [0.15, 0.2) is 6.20 Å². The Morgan fingerprint density at radius 1 is 1.15 bits per heavy atom. The van der Waals surface area contributed by atoms with Gasteiger partial charge in [-0.2, -0.15) is 4.57 Å². The number of fused-ring (bicyclic) bond motifs is 2. The fourth-order valence-electron chi connectivity index (χ4n) is 3.27. The van der Waals surface area contributed by atoms with Gasteiger partial charge < -0.3 is 28.9 Å². The molecule has 0 fully saturated rings. The Morgan fingerprint density at radius 2 is 1.96 bits per heavy atom. The van der Waals surface area contributed by atoms with Crippen LogP contribution in [0.5, 0.6) is 0 Å². The Hall–Kier alpha value is -1.24. The molecular weight excluding hydrogens is 475 g/mol. The first-order valence-corrected chi connectivity index (χ1v) is 9.62. The van der Waals surface area contributed by atoms with E-state index in [1.807, 2.05) is 12.1 Å². The minimum atomic E-state index is 0. The van der Waals surface area contributed by atoms with Gasteiger partial charge in [-0.15, -0.1) is 0 Å². The van der Waals surface area contributed by atoms with Crippen LogP contribution in [0.25, 0.3) is 17.0 Å². The number of rotatable bonds is 2. The first kappa shape index (κ1) is 19.5. The van der Waals surface area contributed by atoms with Crippen molar-refractivity contribution in [3.63, 3.8) is 0 Å². The van der Waals surface area contributed by atoms with E-state index in [1.54, 1.807) is 11.8 Å². The Bertz CT molecular complexity index is 1020. The van der Waals surface area contributed by atoms with Gasteiger partial charge in [-0.25, -0.2) is 0 Å². The van der Waals surface area contributed by atoms with Crippen LogP contribution in [0.3, 0.4) is 0 Å². The van der Waals surface area contributed by atoms with E-state index in [1.165, 1.54) is 37.6 Å². The number of benzene rings is 2. The van der Waals surface area contributed by atoms with E-state index in [-0.39, 0.29) is 24.0 Å². The zero-order valence-electron chi connectivity index (χ0n) is 15.0. The van der Waals surface area contributed by atoms with Crippen molar-refractivity contribution in [2.75, 3.05) is 11.9 Å². The molecule has 1 aliphatic heterocycles. The van der Waals surface area contributed by atoms with Crippen LogP contribution >= 0.6 is 23.4 Å². The van der Waals surface area contributed by atoms with Crippen molar-refractivity contribution in [1.29, 1.82) is 0 Å². The molecule has 2 heterocycles. The van der Waals surface area contributed by atoms with E-state index in [0.29, 0.717) is 0 Å². The monoisotopic (exact) mass is 494 g/mol. The highest BCUT2D eigenvalue weighted by molar-refractivity contribution is 8.03. The minimum absolute atomic E-state index is 0. The number of halogens is 2. The fraction of sp³-hybridized carbons (Fsp3) is 0.190. The second kappa shape index (κ2) is 7.79. The molecule has 26 heavy (non-hydrogen) atoms. The standard InChI is InChI=1S/C21H20ClN2S.HI/c1-4-24-10-9-15(17-11-14(2)5-7-18(17)24)12-21-23(3)19-13-16(22)6-8-20(19)25-21;/h5-13H,4H2,1-3H3;1H/q+1;/p-1. The zero-order chi connectivity index (χ0) is 17.6. The van der Waals surface area contributed by atoms with E-state index in [4.69, 9.17) is 11.6 Å². The molecular formula is C21H20ClIN2S. The lowest BCUT2D eigenvalue weighted by Crippen LogP contribution is -3.00. The summed E-state index contributed by atoms with van der Waals surface area (Å²) in [5.41, 5.74) is 4.97. The fourth-order valence-corrected chi connectivity index (χ4v) is 4.52. The largest absolute Gasteiger partial charge is 1.00 e. The molecule has 0 atom stereocenters. The number of thioether (sulfide) groups is 1. The van der Waals surface area contributed by atoms with Crippen LogP contribution in [-0.2, 0) is 6.54 Å². The highest BCUT2D eigenvalue weighted by atomic mass is 127.